The average Bonchev–Trinajstić information content (AvgIpc) is 3.51. The lowest BCUT2D eigenvalue weighted by Crippen LogP contribution is -2.18. The maximum absolute atomic E-state index is 13.2. The van der Waals surface area contributed by atoms with Crippen molar-refractivity contribution < 1.29 is 23.0 Å². The Labute approximate surface area is 190 Å². The van der Waals surface area contributed by atoms with Crippen LogP contribution >= 0.6 is 0 Å². The van der Waals surface area contributed by atoms with E-state index in [-0.39, 0.29) is 35.2 Å². The number of aromatic nitrogens is 2. The fourth-order valence-corrected chi connectivity index (χ4v) is 3.93. The van der Waals surface area contributed by atoms with E-state index in [1.807, 2.05) is 26.0 Å². The summed E-state index contributed by atoms with van der Waals surface area (Å²) in [4.78, 5) is 17.3. The van der Waals surface area contributed by atoms with Gasteiger partial charge < -0.3 is 9.47 Å². The molecule has 1 saturated carbocycles. The van der Waals surface area contributed by atoms with Crippen LogP contribution in [0.5, 0.6) is 11.5 Å². The Morgan fingerprint density at radius 2 is 2.06 bits per heavy atom. The summed E-state index contributed by atoms with van der Waals surface area (Å²) in [5.74, 6) is -0.00539. The zero-order chi connectivity index (χ0) is 23.8. The number of nitriles is 1. The lowest BCUT2D eigenvalue weighted by Gasteiger charge is -2.20. The van der Waals surface area contributed by atoms with Crippen LogP contribution in [0, 0.1) is 17.2 Å². The number of ketones is 1. The monoisotopic (exact) mass is 453 g/mol. The van der Waals surface area contributed by atoms with Crippen LogP contribution < -0.4 is 9.47 Å². The summed E-state index contributed by atoms with van der Waals surface area (Å²) in [7, 11) is 1.40. The van der Waals surface area contributed by atoms with Gasteiger partial charge in [-0.15, -0.1) is 0 Å². The molecule has 0 saturated heterocycles. The molecule has 33 heavy (non-hydrogen) atoms. The highest BCUT2D eigenvalue weighted by atomic mass is 19.3. The second-order valence-electron chi connectivity index (χ2n) is 8.59. The smallest absolute Gasteiger partial charge is 0.387 e. The molecule has 3 aromatic rings. The lowest BCUT2D eigenvalue weighted by atomic mass is 9.82. The van der Waals surface area contributed by atoms with Crippen LogP contribution in [0.3, 0.4) is 0 Å². The molecule has 4 rings (SSSR count). The average molecular weight is 453 g/mol. The number of alkyl halides is 2. The van der Waals surface area contributed by atoms with Crippen LogP contribution in [0.2, 0.25) is 0 Å². The van der Waals surface area contributed by atoms with E-state index >= 15 is 0 Å². The molecule has 0 amide bonds. The number of ether oxygens (including phenoxy) is 2. The van der Waals surface area contributed by atoms with E-state index < -0.39 is 12.0 Å². The predicted molar refractivity (Wildman–Crippen MR) is 119 cm³/mol. The molecule has 1 aliphatic carbocycles. The van der Waals surface area contributed by atoms with E-state index in [2.05, 4.69) is 11.1 Å². The number of hydrogen-bond donors (Lipinski definition) is 0. The number of rotatable bonds is 9. The third kappa shape index (κ3) is 4.40. The van der Waals surface area contributed by atoms with Crippen molar-refractivity contribution in [1.82, 2.24) is 9.38 Å². The topological polar surface area (TPSA) is 76.6 Å². The van der Waals surface area contributed by atoms with Gasteiger partial charge in [0.15, 0.2) is 5.78 Å². The zero-order valence-electron chi connectivity index (χ0n) is 18.8. The number of carbonyl (C=O) groups is 1. The van der Waals surface area contributed by atoms with Gasteiger partial charge in [-0.25, -0.2) is 4.98 Å². The summed E-state index contributed by atoms with van der Waals surface area (Å²) in [5, 5.41) is 9.59. The van der Waals surface area contributed by atoms with Gasteiger partial charge in [0.1, 0.15) is 22.7 Å². The molecule has 1 fully saturated rings. The Morgan fingerprint density at radius 1 is 1.33 bits per heavy atom. The van der Waals surface area contributed by atoms with Gasteiger partial charge in [-0.2, -0.15) is 14.0 Å². The van der Waals surface area contributed by atoms with Gasteiger partial charge in [0, 0.05) is 18.2 Å². The first-order chi connectivity index (χ1) is 15.8. The van der Waals surface area contributed by atoms with Crippen molar-refractivity contribution >= 4 is 11.4 Å². The summed E-state index contributed by atoms with van der Waals surface area (Å²) in [6.45, 7) is 0.742. The number of hydrogen-bond acceptors (Lipinski definition) is 5. The first kappa shape index (κ1) is 22.7. The van der Waals surface area contributed by atoms with Crippen molar-refractivity contribution in [3.05, 3.63) is 47.8 Å². The number of imidazole rings is 1. The van der Waals surface area contributed by atoms with Gasteiger partial charge in [-0.3, -0.25) is 9.20 Å². The van der Waals surface area contributed by atoms with Gasteiger partial charge in [0.05, 0.1) is 30.5 Å². The number of pyridine rings is 1. The molecular formula is C25H25F2N3O3. The fourth-order valence-electron chi connectivity index (χ4n) is 3.93. The first-order valence-corrected chi connectivity index (χ1v) is 10.9. The summed E-state index contributed by atoms with van der Waals surface area (Å²) < 4.78 is 38.4. The molecule has 172 valence electrons. The molecule has 0 bridgehead atoms. The molecule has 0 aliphatic heterocycles. The largest absolute Gasteiger partial charge is 0.496 e. The van der Waals surface area contributed by atoms with Gasteiger partial charge >= 0.3 is 6.61 Å². The summed E-state index contributed by atoms with van der Waals surface area (Å²) in [5.41, 5.74) is 1.99. The van der Waals surface area contributed by atoms with E-state index in [1.54, 1.807) is 22.9 Å². The number of benzene rings is 1. The highest BCUT2D eigenvalue weighted by Gasteiger charge is 2.30. The molecule has 0 radical (unpaired) electrons. The molecule has 1 aromatic carbocycles. The fraction of sp³-hybridized carbons (Fsp3) is 0.400. The minimum Gasteiger partial charge on any atom is -0.496 e. The minimum atomic E-state index is -3.08. The second kappa shape index (κ2) is 8.81. The van der Waals surface area contributed by atoms with Gasteiger partial charge in [0.2, 0.25) is 0 Å². The first-order valence-electron chi connectivity index (χ1n) is 10.9. The van der Waals surface area contributed by atoms with Crippen molar-refractivity contribution in [2.24, 2.45) is 5.92 Å². The van der Waals surface area contributed by atoms with Gasteiger partial charge in [-0.05, 0) is 61.9 Å². The quantitative estimate of drug-likeness (QED) is 0.384. The van der Waals surface area contributed by atoms with E-state index in [0.29, 0.717) is 23.3 Å². The third-order valence-corrected chi connectivity index (χ3v) is 6.35. The van der Waals surface area contributed by atoms with Crippen LogP contribution in [0.4, 0.5) is 8.78 Å². The number of halogens is 2. The maximum atomic E-state index is 13.2. The predicted octanol–water partition coefficient (Wildman–Crippen LogP) is 5.79. The molecule has 8 heteroatoms. The lowest BCUT2D eigenvalue weighted by molar-refractivity contribution is -0.0502. The molecule has 1 atom stereocenters. The van der Waals surface area contributed by atoms with Crippen LogP contribution in [-0.4, -0.2) is 28.9 Å². The summed E-state index contributed by atoms with van der Waals surface area (Å²) >= 11 is 0. The number of fused-ring (bicyclic) bond motifs is 1. The van der Waals surface area contributed by atoms with Crippen molar-refractivity contribution in [3.8, 4) is 28.8 Å². The van der Waals surface area contributed by atoms with Crippen molar-refractivity contribution in [3.63, 3.8) is 0 Å². The normalized spacial score (nSPS) is 15.3. The molecular weight excluding hydrogens is 428 g/mol. The van der Waals surface area contributed by atoms with Crippen LogP contribution in [0.1, 0.15) is 55.5 Å². The van der Waals surface area contributed by atoms with Crippen molar-refractivity contribution in [2.45, 2.75) is 51.6 Å². The maximum Gasteiger partial charge on any atom is 0.387 e. The van der Waals surface area contributed by atoms with E-state index in [9.17, 15) is 18.8 Å². The van der Waals surface area contributed by atoms with Crippen molar-refractivity contribution in [1.29, 1.82) is 5.26 Å². The Morgan fingerprint density at radius 3 is 2.67 bits per heavy atom. The number of methoxy groups -OCH3 is 1. The SMILES string of the molecule is CCC(C)(C#N)c1ccn2c(-c3cc(OC)c(C(=O)CC4CC4)c(OC(F)F)c3)cnc2c1. The van der Waals surface area contributed by atoms with E-state index in [0.717, 1.165) is 18.4 Å². The highest BCUT2D eigenvalue weighted by molar-refractivity contribution is 6.02. The summed E-state index contributed by atoms with van der Waals surface area (Å²) in [6, 6.07) is 9.12. The third-order valence-electron chi connectivity index (χ3n) is 6.35. The van der Waals surface area contributed by atoms with Crippen LogP contribution in [0.25, 0.3) is 16.9 Å². The molecule has 0 N–H and O–H groups in total. The highest BCUT2D eigenvalue weighted by Crippen LogP contribution is 2.40. The van der Waals surface area contributed by atoms with Crippen molar-refractivity contribution in [2.75, 3.05) is 7.11 Å². The Hall–Kier alpha value is -3.47. The number of Topliss-reactive ketones (excluding diaryl/α,β-unsaturated/α-hetero) is 1. The molecule has 1 aliphatic rings. The number of carbonyl (C=O) groups excluding carboxylic acids is 1. The standard InChI is InChI=1S/C25H25F2N3O3/c1-4-25(2,14-28)17-7-8-30-18(13-29-22(30)12-17)16-10-20(32-3)23(19(31)9-15-5-6-15)21(11-16)33-24(26)27/h7-8,10-13,15,24H,4-6,9H2,1-3H3. The van der Waals surface area contributed by atoms with Gasteiger partial charge in [0.25, 0.3) is 0 Å². The number of nitrogens with zero attached hydrogens (tertiary/aromatic N) is 3. The molecule has 1 unspecified atom stereocenters. The Bertz CT molecular complexity index is 1240. The molecule has 2 heterocycles. The van der Waals surface area contributed by atoms with Crippen LogP contribution in [-0.2, 0) is 5.41 Å². The van der Waals surface area contributed by atoms with E-state index in [4.69, 9.17) is 9.47 Å². The Kier molecular flexibility index (Phi) is 6.07. The van der Waals surface area contributed by atoms with Crippen LogP contribution in [0.15, 0.2) is 36.7 Å². The second-order valence-corrected chi connectivity index (χ2v) is 8.59. The minimum absolute atomic E-state index is 0.0392. The zero-order valence-corrected chi connectivity index (χ0v) is 18.8. The molecule has 2 aromatic heterocycles. The Balaban J connectivity index is 1.81. The molecule has 6 nitrogen and oxygen atoms in total. The molecule has 0 spiro atoms. The van der Waals surface area contributed by atoms with Gasteiger partial charge in [-0.1, -0.05) is 6.92 Å². The van der Waals surface area contributed by atoms with E-state index in [1.165, 1.54) is 13.2 Å². The summed E-state index contributed by atoms with van der Waals surface area (Å²) in [6.07, 6.45) is 6.26.